The van der Waals surface area contributed by atoms with Gasteiger partial charge in [-0.15, -0.1) is 0 Å². The Bertz CT molecular complexity index is 329. The zero-order chi connectivity index (χ0) is 12.0. The second kappa shape index (κ2) is 6.19. The van der Waals surface area contributed by atoms with E-state index in [2.05, 4.69) is 4.98 Å². The summed E-state index contributed by atoms with van der Waals surface area (Å²) >= 11 is 0. The molecule has 1 unspecified atom stereocenters. The number of pyridine rings is 1. The van der Waals surface area contributed by atoms with Crippen LogP contribution in [0.2, 0.25) is 0 Å². The number of nitrogens with zero attached hydrogens (tertiary/aromatic N) is 2. The van der Waals surface area contributed by atoms with Gasteiger partial charge in [0.1, 0.15) is 6.04 Å². The number of carbonyl (C=O) groups is 1. The summed E-state index contributed by atoms with van der Waals surface area (Å²) in [6.45, 7) is 0.749. The molecule has 0 radical (unpaired) electrons. The van der Waals surface area contributed by atoms with Crippen LogP contribution in [0.25, 0.3) is 0 Å². The Morgan fingerprint density at radius 3 is 2.88 bits per heavy atom. The van der Waals surface area contributed by atoms with Gasteiger partial charge in [-0.1, -0.05) is 6.07 Å². The number of aromatic nitrogens is 1. The van der Waals surface area contributed by atoms with Crippen LogP contribution in [0.1, 0.15) is 5.69 Å². The molecule has 0 spiro atoms. The molecule has 0 aromatic carbocycles. The molecular weight excluding hydrogens is 206 g/mol. The van der Waals surface area contributed by atoms with Crippen molar-refractivity contribution in [2.45, 2.75) is 12.5 Å². The number of likely N-dealkylation sites (N-methyl/N-ethyl adjacent to an activating group) is 1. The van der Waals surface area contributed by atoms with Crippen LogP contribution >= 0.6 is 0 Å². The number of carboxylic acids is 1. The lowest BCUT2D eigenvalue weighted by Crippen LogP contribution is -2.44. The van der Waals surface area contributed by atoms with Gasteiger partial charge in [-0.25, -0.2) is 0 Å². The molecule has 88 valence electrons. The molecule has 3 N–H and O–H groups in total. The summed E-state index contributed by atoms with van der Waals surface area (Å²) in [5, 5.41) is 8.90. The maximum absolute atomic E-state index is 10.8. The average Bonchev–Trinajstić information content (AvgIpc) is 2.28. The van der Waals surface area contributed by atoms with E-state index < -0.39 is 12.0 Å². The first-order valence-corrected chi connectivity index (χ1v) is 5.18. The van der Waals surface area contributed by atoms with Gasteiger partial charge in [-0.3, -0.25) is 14.7 Å². The normalized spacial score (nSPS) is 12.7. The van der Waals surface area contributed by atoms with Crippen LogP contribution in [0.3, 0.4) is 0 Å². The summed E-state index contributed by atoms with van der Waals surface area (Å²) in [6.07, 6.45) is 2.45. The highest BCUT2D eigenvalue weighted by atomic mass is 16.4. The predicted octanol–water partition coefficient (Wildman–Crippen LogP) is -0.0322. The maximum Gasteiger partial charge on any atom is 0.322 e. The highest BCUT2D eigenvalue weighted by molar-refractivity contribution is 5.73. The minimum Gasteiger partial charge on any atom is -0.480 e. The number of hydrogen-bond donors (Lipinski definition) is 2. The summed E-state index contributed by atoms with van der Waals surface area (Å²) in [6, 6.07) is 5.07. The van der Waals surface area contributed by atoms with Crippen molar-refractivity contribution in [1.82, 2.24) is 9.88 Å². The highest BCUT2D eigenvalue weighted by Crippen LogP contribution is 2.00. The SMILES string of the molecule is CN(CCc1ccccn1)C(CN)C(=O)O. The van der Waals surface area contributed by atoms with Crippen molar-refractivity contribution in [2.24, 2.45) is 5.73 Å². The third kappa shape index (κ3) is 3.60. The Balaban J connectivity index is 2.46. The minimum atomic E-state index is -0.883. The molecule has 0 saturated carbocycles. The number of nitrogens with two attached hydrogens (primary N) is 1. The lowest BCUT2D eigenvalue weighted by atomic mass is 10.2. The smallest absolute Gasteiger partial charge is 0.322 e. The molecule has 0 aliphatic heterocycles. The van der Waals surface area contributed by atoms with Gasteiger partial charge in [-0.05, 0) is 19.2 Å². The van der Waals surface area contributed by atoms with Crippen molar-refractivity contribution in [3.05, 3.63) is 30.1 Å². The topological polar surface area (TPSA) is 79.5 Å². The number of rotatable bonds is 6. The lowest BCUT2D eigenvalue weighted by Gasteiger charge is -2.22. The van der Waals surface area contributed by atoms with Crippen LogP contribution in [0.15, 0.2) is 24.4 Å². The quantitative estimate of drug-likeness (QED) is 0.708. The van der Waals surface area contributed by atoms with E-state index in [-0.39, 0.29) is 6.54 Å². The average molecular weight is 223 g/mol. The zero-order valence-electron chi connectivity index (χ0n) is 9.34. The van der Waals surface area contributed by atoms with Crippen molar-refractivity contribution < 1.29 is 9.90 Å². The van der Waals surface area contributed by atoms with E-state index >= 15 is 0 Å². The summed E-state index contributed by atoms with van der Waals surface area (Å²) in [5.41, 5.74) is 6.36. The van der Waals surface area contributed by atoms with Crippen LogP contribution in [0.4, 0.5) is 0 Å². The van der Waals surface area contributed by atoms with E-state index in [1.807, 2.05) is 18.2 Å². The van der Waals surface area contributed by atoms with Crippen LogP contribution in [0, 0.1) is 0 Å². The standard InChI is InChI=1S/C11H17N3O2/c1-14(10(8-12)11(15)16)7-5-9-4-2-3-6-13-9/h2-4,6,10H,5,7-8,12H2,1H3,(H,15,16). The van der Waals surface area contributed by atoms with Gasteiger partial charge in [0.15, 0.2) is 0 Å². The molecular formula is C11H17N3O2. The third-order valence-corrected chi connectivity index (χ3v) is 2.49. The second-order valence-electron chi connectivity index (χ2n) is 3.64. The third-order valence-electron chi connectivity index (χ3n) is 2.49. The lowest BCUT2D eigenvalue weighted by molar-refractivity contribution is -0.142. The first-order chi connectivity index (χ1) is 7.65. The van der Waals surface area contributed by atoms with Gasteiger partial charge in [0.25, 0.3) is 0 Å². The number of aliphatic carboxylic acids is 1. The van der Waals surface area contributed by atoms with Gasteiger partial charge in [0, 0.05) is 31.4 Å². The molecule has 1 aromatic heterocycles. The van der Waals surface area contributed by atoms with E-state index in [9.17, 15) is 4.79 Å². The van der Waals surface area contributed by atoms with Gasteiger partial charge in [-0.2, -0.15) is 0 Å². The van der Waals surface area contributed by atoms with Gasteiger partial charge < -0.3 is 10.8 Å². The Morgan fingerprint density at radius 2 is 2.38 bits per heavy atom. The van der Waals surface area contributed by atoms with Gasteiger partial charge >= 0.3 is 5.97 Å². The molecule has 0 aliphatic rings. The Hall–Kier alpha value is -1.46. The molecule has 1 heterocycles. The molecule has 0 aliphatic carbocycles. The molecule has 16 heavy (non-hydrogen) atoms. The summed E-state index contributed by atoms with van der Waals surface area (Å²) < 4.78 is 0. The molecule has 1 atom stereocenters. The zero-order valence-corrected chi connectivity index (χ0v) is 9.34. The minimum absolute atomic E-state index is 0.119. The predicted molar refractivity (Wildman–Crippen MR) is 61.0 cm³/mol. The Labute approximate surface area is 94.9 Å². The van der Waals surface area contributed by atoms with Crippen LogP contribution in [-0.2, 0) is 11.2 Å². The number of hydrogen-bond acceptors (Lipinski definition) is 4. The summed E-state index contributed by atoms with van der Waals surface area (Å²) in [5.74, 6) is -0.883. The van der Waals surface area contributed by atoms with Crippen LogP contribution in [-0.4, -0.2) is 47.1 Å². The molecule has 0 fully saturated rings. The van der Waals surface area contributed by atoms with Crippen molar-refractivity contribution in [2.75, 3.05) is 20.1 Å². The van der Waals surface area contributed by atoms with Crippen molar-refractivity contribution in [1.29, 1.82) is 0 Å². The molecule has 5 heteroatoms. The highest BCUT2D eigenvalue weighted by Gasteiger charge is 2.20. The Kier molecular flexibility index (Phi) is 4.88. The Morgan fingerprint density at radius 1 is 1.62 bits per heavy atom. The van der Waals surface area contributed by atoms with E-state index in [0.717, 1.165) is 12.1 Å². The van der Waals surface area contributed by atoms with Crippen molar-refractivity contribution >= 4 is 5.97 Å². The number of carboxylic acid groups (broad SMARTS) is 1. The van der Waals surface area contributed by atoms with Crippen LogP contribution < -0.4 is 5.73 Å². The van der Waals surface area contributed by atoms with Crippen molar-refractivity contribution in [3.63, 3.8) is 0 Å². The summed E-state index contributed by atoms with van der Waals surface area (Å²) in [7, 11) is 1.76. The molecule has 0 amide bonds. The van der Waals surface area contributed by atoms with E-state index in [1.54, 1.807) is 18.1 Å². The first kappa shape index (κ1) is 12.6. The molecule has 0 saturated heterocycles. The summed E-state index contributed by atoms with van der Waals surface area (Å²) in [4.78, 5) is 16.8. The van der Waals surface area contributed by atoms with Gasteiger partial charge in [0.2, 0.25) is 0 Å². The van der Waals surface area contributed by atoms with E-state index in [0.29, 0.717) is 6.54 Å². The molecule has 5 nitrogen and oxygen atoms in total. The second-order valence-corrected chi connectivity index (χ2v) is 3.64. The van der Waals surface area contributed by atoms with Crippen LogP contribution in [0.5, 0.6) is 0 Å². The molecule has 1 rings (SSSR count). The molecule has 0 bridgehead atoms. The largest absolute Gasteiger partial charge is 0.480 e. The first-order valence-electron chi connectivity index (χ1n) is 5.18. The maximum atomic E-state index is 10.8. The molecule has 1 aromatic rings. The van der Waals surface area contributed by atoms with E-state index in [1.165, 1.54) is 0 Å². The monoisotopic (exact) mass is 223 g/mol. The fourth-order valence-corrected chi connectivity index (χ4v) is 1.46. The van der Waals surface area contributed by atoms with E-state index in [4.69, 9.17) is 10.8 Å². The van der Waals surface area contributed by atoms with Gasteiger partial charge in [0.05, 0.1) is 0 Å². The fourth-order valence-electron chi connectivity index (χ4n) is 1.46. The fraction of sp³-hybridized carbons (Fsp3) is 0.455. The van der Waals surface area contributed by atoms with Crippen molar-refractivity contribution in [3.8, 4) is 0 Å².